The van der Waals surface area contributed by atoms with E-state index < -0.39 is 12.5 Å². The Morgan fingerprint density at radius 3 is 2.48 bits per heavy atom. The number of nitrogens with one attached hydrogen (secondary N) is 1. The lowest BCUT2D eigenvalue weighted by atomic mass is 10.2. The summed E-state index contributed by atoms with van der Waals surface area (Å²) >= 11 is 2.02. The molecule has 0 spiro atoms. The Labute approximate surface area is 132 Å². The van der Waals surface area contributed by atoms with E-state index in [0.29, 0.717) is 5.69 Å². The SMILES string of the molecule is O=C(Nc1ccc(OC(F)F)cc1)c1cc(I)ccc1O. The van der Waals surface area contributed by atoms with Gasteiger partial charge in [-0.15, -0.1) is 0 Å². The van der Waals surface area contributed by atoms with Crippen LogP contribution in [0.2, 0.25) is 0 Å². The van der Waals surface area contributed by atoms with E-state index in [1.165, 1.54) is 30.3 Å². The molecule has 0 aromatic heterocycles. The Balaban J connectivity index is 2.10. The summed E-state index contributed by atoms with van der Waals surface area (Å²) < 4.78 is 29.0. The molecular formula is C14H10F2INO3. The molecule has 2 aromatic rings. The van der Waals surface area contributed by atoms with E-state index in [9.17, 15) is 18.7 Å². The highest BCUT2D eigenvalue weighted by Gasteiger charge is 2.12. The number of ether oxygens (including phenoxy) is 1. The van der Waals surface area contributed by atoms with Gasteiger partial charge in [0.1, 0.15) is 11.5 Å². The first kappa shape index (κ1) is 15.5. The van der Waals surface area contributed by atoms with Gasteiger partial charge in [0, 0.05) is 9.26 Å². The number of halogens is 3. The third-order valence-corrected chi connectivity index (χ3v) is 3.21. The lowest BCUT2D eigenvalue weighted by Gasteiger charge is -2.09. The predicted molar refractivity (Wildman–Crippen MR) is 81.9 cm³/mol. The summed E-state index contributed by atoms with van der Waals surface area (Å²) in [6, 6.07) is 10.1. The number of alkyl halides is 2. The molecular weight excluding hydrogens is 395 g/mol. The topological polar surface area (TPSA) is 58.6 Å². The van der Waals surface area contributed by atoms with Crippen LogP contribution in [0.15, 0.2) is 42.5 Å². The number of carbonyl (C=O) groups excluding carboxylic acids is 1. The Hall–Kier alpha value is -1.90. The highest BCUT2D eigenvalue weighted by atomic mass is 127. The number of aromatic hydroxyl groups is 1. The number of benzene rings is 2. The summed E-state index contributed by atoms with van der Waals surface area (Å²) in [5.41, 5.74) is 0.537. The normalized spacial score (nSPS) is 10.5. The summed E-state index contributed by atoms with van der Waals surface area (Å²) in [4.78, 5) is 12.0. The van der Waals surface area contributed by atoms with Crippen molar-refractivity contribution < 1.29 is 23.4 Å². The van der Waals surface area contributed by atoms with Crippen molar-refractivity contribution in [2.45, 2.75) is 6.61 Å². The van der Waals surface area contributed by atoms with Gasteiger partial charge in [-0.3, -0.25) is 4.79 Å². The third-order valence-electron chi connectivity index (χ3n) is 2.54. The molecule has 0 saturated heterocycles. The van der Waals surface area contributed by atoms with Crippen LogP contribution < -0.4 is 10.1 Å². The number of anilines is 1. The van der Waals surface area contributed by atoms with E-state index in [0.717, 1.165) is 3.57 Å². The van der Waals surface area contributed by atoms with Crippen molar-refractivity contribution in [3.05, 3.63) is 51.6 Å². The fraction of sp³-hybridized carbons (Fsp3) is 0.0714. The highest BCUT2D eigenvalue weighted by molar-refractivity contribution is 14.1. The molecule has 0 atom stereocenters. The van der Waals surface area contributed by atoms with Gasteiger partial charge in [0.2, 0.25) is 0 Å². The maximum atomic E-state index is 12.0. The first-order valence-corrected chi connectivity index (χ1v) is 6.88. The molecule has 4 nitrogen and oxygen atoms in total. The van der Waals surface area contributed by atoms with Gasteiger partial charge >= 0.3 is 6.61 Å². The molecule has 2 aromatic carbocycles. The third kappa shape index (κ3) is 4.28. The zero-order chi connectivity index (χ0) is 15.4. The molecule has 0 aliphatic carbocycles. The monoisotopic (exact) mass is 405 g/mol. The van der Waals surface area contributed by atoms with Gasteiger partial charge < -0.3 is 15.2 Å². The van der Waals surface area contributed by atoms with Gasteiger partial charge in [0.15, 0.2) is 0 Å². The summed E-state index contributed by atoms with van der Waals surface area (Å²) in [5.74, 6) is -0.626. The molecule has 0 unspecified atom stereocenters. The number of phenols is 1. The molecule has 0 fully saturated rings. The van der Waals surface area contributed by atoms with Crippen molar-refractivity contribution in [3.8, 4) is 11.5 Å². The Morgan fingerprint density at radius 2 is 1.86 bits per heavy atom. The van der Waals surface area contributed by atoms with Crippen molar-refractivity contribution in [1.82, 2.24) is 0 Å². The smallest absolute Gasteiger partial charge is 0.387 e. The van der Waals surface area contributed by atoms with Crippen LogP contribution in [-0.2, 0) is 0 Å². The van der Waals surface area contributed by atoms with Crippen LogP contribution in [0.1, 0.15) is 10.4 Å². The number of hydrogen-bond donors (Lipinski definition) is 2. The average Bonchev–Trinajstić information content (AvgIpc) is 2.43. The first-order valence-electron chi connectivity index (χ1n) is 5.80. The number of phenolic OH excluding ortho intramolecular Hbond substituents is 1. The second-order valence-corrected chi connectivity index (χ2v) is 5.26. The summed E-state index contributed by atoms with van der Waals surface area (Å²) in [6.45, 7) is -2.89. The quantitative estimate of drug-likeness (QED) is 0.760. The Morgan fingerprint density at radius 1 is 1.19 bits per heavy atom. The summed E-state index contributed by atoms with van der Waals surface area (Å²) in [6.07, 6.45) is 0. The fourth-order valence-electron chi connectivity index (χ4n) is 1.61. The van der Waals surface area contributed by atoms with E-state index in [2.05, 4.69) is 10.1 Å². The van der Waals surface area contributed by atoms with Crippen molar-refractivity contribution in [1.29, 1.82) is 0 Å². The van der Waals surface area contributed by atoms with Crippen LogP contribution in [-0.4, -0.2) is 17.6 Å². The van der Waals surface area contributed by atoms with Crippen molar-refractivity contribution in [2.24, 2.45) is 0 Å². The molecule has 0 aliphatic heterocycles. The standard InChI is InChI=1S/C14H10F2INO3/c15-14(16)21-10-4-2-9(3-5-10)18-13(20)11-7-8(17)1-6-12(11)19/h1-7,14,19H,(H,18,20). The Bertz CT molecular complexity index is 647. The molecule has 0 radical (unpaired) electrons. The highest BCUT2D eigenvalue weighted by Crippen LogP contribution is 2.22. The van der Waals surface area contributed by atoms with Gasteiger partial charge in [-0.2, -0.15) is 8.78 Å². The van der Waals surface area contributed by atoms with Crippen molar-refractivity contribution in [2.75, 3.05) is 5.32 Å². The van der Waals surface area contributed by atoms with Crippen molar-refractivity contribution in [3.63, 3.8) is 0 Å². The van der Waals surface area contributed by atoms with Crippen LogP contribution in [0.3, 0.4) is 0 Å². The van der Waals surface area contributed by atoms with Crippen LogP contribution in [0.25, 0.3) is 0 Å². The Kier molecular flexibility index (Phi) is 4.94. The second kappa shape index (κ2) is 6.70. The fourth-order valence-corrected chi connectivity index (χ4v) is 2.10. The summed E-state index contributed by atoms with van der Waals surface area (Å²) in [5, 5.41) is 12.2. The van der Waals surface area contributed by atoms with E-state index in [1.54, 1.807) is 12.1 Å². The largest absolute Gasteiger partial charge is 0.507 e. The molecule has 0 bridgehead atoms. The van der Waals surface area contributed by atoms with Crippen LogP contribution >= 0.6 is 22.6 Å². The molecule has 2 N–H and O–H groups in total. The minimum atomic E-state index is -2.89. The van der Waals surface area contributed by atoms with Crippen LogP contribution in [0.4, 0.5) is 14.5 Å². The molecule has 110 valence electrons. The molecule has 1 amide bonds. The van der Waals surface area contributed by atoms with E-state index >= 15 is 0 Å². The second-order valence-electron chi connectivity index (χ2n) is 4.02. The molecule has 7 heteroatoms. The maximum Gasteiger partial charge on any atom is 0.387 e. The van der Waals surface area contributed by atoms with Gasteiger partial charge in [0.25, 0.3) is 5.91 Å². The number of rotatable bonds is 4. The van der Waals surface area contributed by atoms with E-state index in [4.69, 9.17) is 0 Å². The van der Waals surface area contributed by atoms with Gasteiger partial charge in [0.05, 0.1) is 5.56 Å². The molecule has 0 saturated carbocycles. The van der Waals surface area contributed by atoms with Crippen LogP contribution in [0, 0.1) is 3.57 Å². The average molecular weight is 405 g/mol. The maximum absolute atomic E-state index is 12.0. The predicted octanol–water partition coefficient (Wildman–Crippen LogP) is 3.85. The van der Waals surface area contributed by atoms with Gasteiger partial charge in [-0.25, -0.2) is 0 Å². The number of carbonyl (C=O) groups is 1. The molecule has 21 heavy (non-hydrogen) atoms. The minimum absolute atomic E-state index is 0.0000979. The van der Waals surface area contributed by atoms with Gasteiger partial charge in [-0.05, 0) is 65.1 Å². The first-order chi connectivity index (χ1) is 9.95. The van der Waals surface area contributed by atoms with E-state index in [1.807, 2.05) is 22.6 Å². The molecule has 2 rings (SSSR count). The molecule has 0 aliphatic rings. The number of amides is 1. The van der Waals surface area contributed by atoms with Crippen LogP contribution in [0.5, 0.6) is 11.5 Å². The van der Waals surface area contributed by atoms with Crippen molar-refractivity contribution >= 4 is 34.2 Å². The lowest BCUT2D eigenvalue weighted by Crippen LogP contribution is -2.12. The summed E-state index contributed by atoms with van der Waals surface area (Å²) in [7, 11) is 0. The minimum Gasteiger partial charge on any atom is -0.507 e. The zero-order valence-corrected chi connectivity index (χ0v) is 12.7. The van der Waals surface area contributed by atoms with E-state index in [-0.39, 0.29) is 17.1 Å². The zero-order valence-electron chi connectivity index (χ0n) is 10.5. The molecule has 0 heterocycles. The lowest BCUT2D eigenvalue weighted by molar-refractivity contribution is -0.0498. The number of hydrogen-bond acceptors (Lipinski definition) is 3. The van der Waals surface area contributed by atoms with Gasteiger partial charge in [-0.1, -0.05) is 0 Å².